The van der Waals surface area contributed by atoms with Gasteiger partial charge in [-0.2, -0.15) is 0 Å². The molecule has 0 aromatic heterocycles. The molecule has 18 heavy (non-hydrogen) atoms. The van der Waals surface area contributed by atoms with Crippen molar-refractivity contribution >= 4 is 18.4 Å². The van der Waals surface area contributed by atoms with Crippen molar-refractivity contribution in [2.75, 3.05) is 0 Å². The van der Waals surface area contributed by atoms with Gasteiger partial charge in [-0.1, -0.05) is 18.2 Å². The Labute approximate surface area is 108 Å². The van der Waals surface area contributed by atoms with Gasteiger partial charge < -0.3 is 4.74 Å². The van der Waals surface area contributed by atoms with Crippen LogP contribution in [0, 0.1) is 0 Å². The van der Waals surface area contributed by atoms with Crippen LogP contribution < -0.4 is 15.3 Å². The zero-order valence-electron chi connectivity index (χ0n) is 10.5. The summed E-state index contributed by atoms with van der Waals surface area (Å²) in [6.07, 6.45) is 0.152. The first-order valence-corrected chi connectivity index (χ1v) is 7.22. The summed E-state index contributed by atoms with van der Waals surface area (Å²) >= 11 is 0. The Hall–Kier alpha value is -1.66. The lowest BCUT2D eigenvalue weighted by Gasteiger charge is -2.09. The van der Waals surface area contributed by atoms with Gasteiger partial charge in [-0.05, 0) is 50.2 Å². The van der Waals surface area contributed by atoms with Crippen molar-refractivity contribution in [1.29, 1.82) is 0 Å². The van der Waals surface area contributed by atoms with Gasteiger partial charge in [0.1, 0.15) is 13.6 Å². The summed E-state index contributed by atoms with van der Waals surface area (Å²) in [5.41, 5.74) is 0. The van der Waals surface area contributed by atoms with Crippen LogP contribution in [0.5, 0.6) is 5.75 Å². The first kappa shape index (κ1) is 12.8. The minimum Gasteiger partial charge on any atom is -0.491 e. The molecule has 0 aliphatic carbocycles. The number of hydrogen-bond acceptors (Lipinski definition) is 2. The highest BCUT2D eigenvalue weighted by Crippen LogP contribution is 2.21. The summed E-state index contributed by atoms with van der Waals surface area (Å²) in [5.74, 6) is 0.810. The SMILES string of the molecule is CC(C)Oc1ccc([P](=O)c2ccccc2)cc1. The molecular weight excluding hydrogens is 243 g/mol. The van der Waals surface area contributed by atoms with Crippen LogP contribution >= 0.6 is 7.80 Å². The molecule has 0 fully saturated rings. The normalized spacial score (nSPS) is 11.4. The van der Waals surface area contributed by atoms with Crippen molar-refractivity contribution < 1.29 is 9.30 Å². The van der Waals surface area contributed by atoms with Gasteiger partial charge in [0.05, 0.1) is 6.10 Å². The minimum absolute atomic E-state index is 0.152. The summed E-state index contributed by atoms with van der Waals surface area (Å²) in [7, 11) is -1.51. The van der Waals surface area contributed by atoms with Crippen LogP contribution in [-0.2, 0) is 4.57 Å². The standard InChI is InChI=1S/C15H16O2P/c1-12(2)17-13-8-10-15(11-9-13)18(16)14-6-4-3-5-7-14/h3-12H,1-2H3. The van der Waals surface area contributed by atoms with Gasteiger partial charge in [0.2, 0.25) is 0 Å². The average Bonchev–Trinajstić information content (AvgIpc) is 2.39. The van der Waals surface area contributed by atoms with Crippen LogP contribution in [0.2, 0.25) is 0 Å². The number of ether oxygens (including phenoxy) is 1. The van der Waals surface area contributed by atoms with Crippen LogP contribution in [0.15, 0.2) is 54.6 Å². The molecular formula is C15H16O2P. The van der Waals surface area contributed by atoms with Crippen LogP contribution in [0.1, 0.15) is 13.8 Å². The molecule has 0 aliphatic rings. The Morgan fingerprint density at radius 3 is 2.00 bits per heavy atom. The molecule has 1 atom stereocenters. The molecule has 3 heteroatoms. The summed E-state index contributed by atoms with van der Waals surface area (Å²) < 4.78 is 17.8. The molecule has 2 aromatic rings. The molecule has 1 unspecified atom stereocenters. The van der Waals surface area contributed by atoms with Gasteiger partial charge in [0.15, 0.2) is 0 Å². The fourth-order valence-electron chi connectivity index (χ4n) is 1.64. The lowest BCUT2D eigenvalue weighted by Crippen LogP contribution is -2.08. The molecule has 0 N–H and O–H groups in total. The number of benzene rings is 2. The molecule has 0 aliphatic heterocycles. The first-order valence-electron chi connectivity index (χ1n) is 5.96. The summed E-state index contributed by atoms with van der Waals surface area (Å²) in [6, 6.07) is 17.0. The maximum Gasteiger partial charge on any atom is 0.136 e. The summed E-state index contributed by atoms with van der Waals surface area (Å²) in [6.45, 7) is 3.97. The van der Waals surface area contributed by atoms with Crippen LogP contribution in [0.4, 0.5) is 0 Å². The third kappa shape index (κ3) is 3.18. The molecule has 0 bridgehead atoms. The average molecular weight is 259 g/mol. The van der Waals surface area contributed by atoms with Crippen molar-refractivity contribution in [2.24, 2.45) is 0 Å². The van der Waals surface area contributed by atoms with Crippen molar-refractivity contribution in [3.63, 3.8) is 0 Å². The highest BCUT2D eigenvalue weighted by molar-refractivity contribution is 7.61. The zero-order chi connectivity index (χ0) is 13.0. The highest BCUT2D eigenvalue weighted by atomic mass is 31.1. The Kier molecular flexibility index (Phi) is 4.11. The van der Waals surface area contributed by atoms with Crippen molar-refractivity contribution in [1.82, 2.24) is 0 Å². The van der Waals surface area contributed by atoms with E-state index in [1.807, 2.05) is 68.4 Å². The van der Waals surface area contributed by atoms with Crippen molar-refractivity contribution in [2.45, 2.75) is 20.0 Å². The fourth-order valence-corrected chi connectivity index (χ4v) is 2.81. The predicted octanol–water partition coefficient (Wildman–Crippen LogP) is 3.25. The molecule has 0 saturated heterocycles. The first-order chi connectivity index (χ1) is 8.66. The van der Waals surface area contributed by atoms with Gasteiger partial charge in [-0.25, -0.2) is 0 Å². The molecule has 2 rings (SSSR count). The summed E-state index contributed by atoms with van der Waals surface area (Å²) in [5, 5.41) is 1.68. The Bertz CT molecular complexity index is 518. The highest BCUT2D eigenvalue weighted by Gasteiger charge is 2.07. The molecule has 93 valence electrons. The Morgan fingerprint density at radius 2 is 1.44 bits per heavy atom. The van der Waals surface area contributed by atoms with Gasteiger partial charge >= 0.3 is 0 Å². The third-order valence-electron chi connectivity index (χ3n) is 2.43. The van der Waals surface area contributed by atoms with Crippen molar-refractivity contribution in [3.05, 3.63) is 54.6 Å². The monoisotopic (exact) mass is 259 g/mol. The van der Waals surface area contributed by atoms with Crippen LogP contribution in [0.3, 0.4) is 0 Å². The van der Waals surface area contributed by atoms with Gasteiger partial charge in [0, 0.05) is 10.6 Å². The van der Waals surface area contributed by atoms with Gasteiger partial charge in [-0.3, -0.25) is 4.57 Å². The van der Waals surface area contributed by atoms with E-state index in [0.717, 1.165) is 16.4 Å². The summed E-state index contributed by atoms with van der Waals surface area (Å²) in [4.78, 5) is 0. The molecule has 0 saturated carbocycles. The third-order valence-corrected chi connectivity index (χ3v) is 3.97. The minimum atomic E-state index is -1.51. The topological polar surface area (TPSA) is 26.3 Å². The lowest BCUT2D eigenvalue weighted by atomic mass is 10.3. The second kappa shape index (κ2) is 5.79. The Balaban J connectivity index is 2.17. The number of hydrogen-bond donors (Lipinski definition) is 0. The molecule has 0 heterocycles. The van der Waals surface area contributed by atoms with E-state index in [0.29, 0.717) is 0 Å². The van der Waals surface area contributed by atoms with E-state index < -0.39 is 7.80 Å². The van der Waals surface area contributed by atoms with E-state index in [1.54, 1.807) is 0 Å². The quantitative estimate of drug-likeness (QED) is 0.788. The van der Waals surface area contributed by atoms with E-state index in [9.17, 15) is 4.57 Å². The van der Waals surface area contributed by atoms with Crippen LogP contribution in [-0.4, -0.2) is 6.10 Å². The molecule has 2 aromatic carbocycles. The predicted molar refractivity (Wildman–Crippen MR) is 75.5 cm³/mol. The second-order valence-electron chi connectivity index (χ2n) is 4.29. The van der Waals surface area contributed by atoms with Gasteiger partial charge in [0.25, 0.3) is 0 Å². The van der Waals surface area contributed by atoms with Gasteiger partial charge in [-0.15, -0.1) is 0 Å². The lowest BCUT2D eigenvalue weighted by molar-refractivity contribution is 0.242. The maximum atomic E-state index is 12.3. The number of rotatable bonds is 4. The van der Waals surface area contributed by atoms with Crippen LogP contribution in [0.25, 0.3) is 0 Å². The van der Waals surface area contributed by atoms with E-state index in [-0.39, 0.29) is 6.10 Å². The zero-order valence-corrected chi connectivity index (χ0v) is 11.4. The maximum absolute atomic E-state index is 12.3. The van der Waals surface area contributed by atoms with E-state index >= 15 is 0 Å². The van der Waals surface area contributed by atoms with E-state index in [4.69, 9.17) is 4.74 Å². The van der Waals surface area contributed by atoms with Crippen molar-refractivity contribution in [3.8, 4) is 5.75 Å². The molecule has 0 spiro atoms. The molecule has 0 amide bonds. The smallest absolute Gasteiger partial charge is 0.136 e. The molecule has 2 nitrogen and oxygen atoms in total. The second-order valence-corrected chi connectivity index (χ2v) is 5.91. The Morgan fingerprint density at radius 1 is 0.889 bits per heavy atom. The van der Waals surface area contributed by atoms with E-state index in [2.05, 4.69) is 0 Å². The van der Waals surface area contributed by atoms with E-state index in [1.165, 1.54) is 0 Å². The largest absolute Gasteiger partial charge is 0.491 e. The molecule has 1 radical (unpaired) electrons. The fraction of sp³-hybridized carbons (Fsp3) is 0.200.